The quantitative estimate of drug-likeness (QED) is 0.682. The Balaban J connectivity index is 2.58. The molecule has 0 fully saturated rings. The third-order valence-electron chi connectivity index (χ3n) is 0.935. The minimum atomic E-state index is -0.747. The van der Waals surface area contributed by atoms with E-state index < -0.39 is 5.97 Å². The van der Waals surface area contributed by atoms with Gasteiger partial charge in [0.25, 0.3) is 0 Å². The van der Waals surface area contributed by atoms with Crippen molar-refractivity contribution >= 4 is 20.5 Å². The van der Waals surface area contributed by atoms with E-state index in [1.54, 1.807) is 0 Å². The first-order valence-electron chi connectivity index (χ1n) is 2.52. The fourth-order valence-corrected chi connectivity index (χ4v) is 1.97. The van der Waals surface area contributed by atoms with Crippen LogP contribution in [0.3, 0.4) is 0 Å². The Morgan fingerprint density at radius 2 is 2.56 bits per heavy atom. The number of hydrogen-bond acceptors (Lipinski definition) is 1. The van der Waals surface area contributed by atoms with Crippen molar-refractivity contribution in [3.63, 3.8) is 0 Å². The first-order valence-corrected chi connectivity index (χ1v) is 4.50. The second-order valence-corrected chi connectivity index (χ2v) is 3.34. The van der Waals surface area contributed by atoms with Gasteiger partial charge < -0.3 is 0 Å². The van der Waals surface area contributed by atoms with E-state index in [1.165, 1.54) is 0 Å². The maximum atomic E-state index is 10.1. The second-order valence-electron chi connectivity index (χ2n) is 1.70. The Labute approximate surface area is 58.9 Å². The number of rotatable bonds is 2. The minimum absolute atomic E-state index is 0.179. The summed E-state index contributed by atoms with van der Waals surface area (Å²) >= 11 is 0.421. The summed E-state index contributed by atoms with van der Waals surface area (Å²) in [6, 6.07) is 1.88. The van der Waals surface area contributed by atoms with Crippen molar-refractivity contribution in [1.29, 1.82) is 0 Å². The molecule has 48 valence electrons. The van der Waals surface area contributed by atoms with Crippen LogP contribution < -0.4 is 0 Å². The molecule has 1 heterocycles. The van der Waals surface area contributed by atoms with Gasteiger partial charge in [0.15, 0.2) is 0 Å². The third-order valence-corrected chi connectivity index (χ3v) is 2.47. The van der Waals surface area contributed by atoms with Gasteiger partial charge in [-0.2, -0.15) is 0 Å². The number of hydrogen-bond donors (Lipinski definition) is 1. The first kappa shape index (κ1) is 6.59. The summed E-state index contributed by atoms with van der Waals surface area (Å²) in [6.07, 6.45) is 0.179. The molecule has 3 heteroatoms. The molecule has 1 N–H and O–H groups in total. The van der Waals surface area contributed by atoms with Gasteiger partial charge in [0.1, 0.15) is 0 Å². The normalized spacial score (nSPS) is 9.33. The average Bonchev–Trinajstić information content (AvgIpc) is 2.15. The molecule has 1 aromatic rings. The number of carboxylic acid groups (broad SMARTS) is 1. The van der Waals surface area contributed by atoms with E-state index in [2.05, 4.69) is 0 Å². The van der Waals surface area contributed by atoms with Gasteiger partial charge in [0.2, 0.25) is 0 Å². The fraction of sp³-hybridized carbons (Fsp3) is 0.167. The number of carboxylic acids is 1. The standard InChI is InChI=1S/C6H6O2Se/c7-6(8)3-5-1-2-9-4-5/h1-2,4H,3H2,(H,7,8). The van der Waals surface area contributed by atoms with Crippen molar-refractivity contribution in [2.75, 3.05) is 0 Å². The van der Waals surface area contributed by atoms with Crippen LogP contribution in [0.5, 0.6) is 0 Å². The molecule has 0 bridgehead atoms. The van der Waals surface area contributed by atoms with Gasteiger partial charge >= 0.3 is 58.3 Å². The van der Waals surface area contributed by atoms with E-state index in [-0.39, 0.29) is 6.42 Å². The van der Waals surface area contributed by atoms with Crippen LogP contribution in [0.2, 0.25) is 0 Å². The zero-order chi connectivity index (χ0) is 6.69. The van der Waals surface area contributed by atoms with Crippen LogP contribution in [-0.4, -0.2) is 25.6 Å². The molecule has 0 spiro atoms. The van der Waals surface area contributed by atoms with E-state index in [0.717, 1.165) is 5.56 Å². The van der Waals surface area contributed by atoms with Crippen LogP contribution in [0.25, 0.3) is 0 Å². The van der Waals surface area contributed by atoms with Gasteiger partial charge in [-0.15, -0.1) is 0 Å². The van der Waals surface area contributed by atoms with Gasteiger partial charge in [-0.3, -0.25) is 0 Å². The van der Waals surface area contributed by atoms with E-state index in [0.29, 0.717) is 14.5 Å². The number of carbonyl (C=O) groups is 1. The van der Waals surface area contributed by atoms with Crippen molar-refractivity contribution in [1.82, 2.24) is 0 Å². The monoisotopic (exact) mass is 190 g/mol. The van der Waals surface area contributed by atoms with Crippen LogP contribution in [0.15, 0.2) is 15.9 Å². The third kappa shape index (κ3) is 2.04. The van der Waals surface area contributed by atoms with Crippen LogP contribution >= 0.6 is 0 Å². The van der Waals surface area contributed by atoms with Crippen molar-refractivity contribution in [2.24, 2.45) is 0 Å². The Morgan fingerprint density at radius 3 is 3.00 bits per heavy atom. The summed E-state index contributed by atoms with van der Waals surface area (Å²) in [7, 11) is 0. The topological polar surface area (TPSA) is 37.3 Å². The molecule has 0 atom stereocenters. The van der Waals surface area contributed by atoms with E-state index >= 15 is 0 Å². The fourth-order valence-electron chi connectivity index (χ4n) is 0.568. The summed E-state index contributed by atoms with van der Waals surface area (Å²) in [5.41, 5.74) is 0.947. The predicted octanol–water partition coefficient (Wildman–Crippen LogP) is 0.371. The molecule has 9 heavy (non-hydrogen) atoms. The molecule has 0 aliphatic heterocycles. The molecule has 0 amide bonds. The average molecular weight is 189 g/mol. The molecule has 0 aliphatic rings. The summed E-state index contributed by atoms with van der Waals surface area (Å²) in [5.74, 6) is -0.747. The van der Waals surface area contributed by atoms with Crippen LogP contribution in [0.4, 0.5) is 0 Å². The first-order chi connectivity index (χ1) is 4.29. The van der Waals surface area contributed by atoms with Crippen molar-refractivity contribution in [3.05, 3.63) is 21.5 Å². The van der Waals surface area contributed by atoms with Crippen molar-refractivity contribution in [2.45, 2.75) is 6.42 Å². The van der Waals surface area contributed by atoms with Gasteiger partial charge in [0, 0.05) is 0 Å². The van der Waals surface area contributed by atoms with Crippen molar-refractivity contribution < 1.29 is 9.90 Å². The zero-order valence-corrected chi connectivity index (χ0v) is 6.42. The van der Waals surface area contributed by atoms with Crippen LogP contribution in [0, 0.1) is 0 Å². The summed E-state index contributed by atoms with van der Waals surface area (Å²) in [5, 5.41) is 8.31. The molecule has 1 rings (SSSR count). The molecule has 2 nitrogen and oxygen atoms in total. The molecule has 0 aromatic carbocycles. The SMILES string of the molecule is O=C(O)Cc1cc[se]c1. The molecule has 0 unspecified atom stereocenters. The summed E-state index contributed by atoms with van der Waals surface area (Å²) in [4.78, 5) is 14.1. The Bertz CT molecular complexity index is 191. The maximum absolute atomic E-state index is 10.1. The second kappa shape index (κ2) is 2.85. The van der Waals surface area contributed by atoms with Gasteiger partial charge in [-0.05, 0) is 0 Å². The van der Waals surface area contributed by atoms with Gasteiger partial charge in [0.05, 0.1) is 0 Å². The Kier molecular flexibility index (Phi) is 2.09. The van der Waals surface area contributed by atoms with Gasteiger partial charge in [-0.1, -0.05) is 0 Å². The van der Waals surface area contributed by atoms with Gasteiger partial charge in [-0.25, -0.2) is 0 Å². The van der Waals surface area contributed by atoms with Crippen LogP contribution in [-0.2, 0) is 11.2 Å². The van der Waals surface area contributed by atoms with E-state index in [9.17, 15) is 4.79 Å². The molecule has 0 saturated heterocycles. The molecule has 0 aliphatic carbocycles. The van der Waals surface area contributed by atoms with Crippen molar-refractivity contribution in [3.8, 4) is 0 Å². The summed E-state index contributed by atoms with van der Waals surface area (Å²) in [6.45, 7) is 0. The molecular weight excluding hydrogens is 183 g/mol. The Hall–Kier alpha value is -0.531. The molecule has 0 radical (unpaired) electrons. The van der Waals surface area contributed by atoms with E-state index in [1.807, 2.05) is 15.9 Å². The summed E-state index contributed by atoms with van der Waals surface area (Å²) < 4.78 is 0. The predicted molar refractivity (Wildman–Crippen MR) is 34.7 cm³/mol. The Morgan fingerprint density at radius 1 is 1.78 bits per heavy atom. The number of aliphatic carboxylic acids is 1. The molecule has 1 aromatic heterocycles. The molecular formula is C6H6O2Se. The van der Waals surface area contributed by atoms with Crippen LogP contribution in [0.1, 0.15) is 5.56 Å². The molecule has 0 saturated carbocycles. The zero-order valence-electron chi connectivity index (χ0n) is 4.70. The van der Waals surface area contributed by atoms with E-state index in [4.69, 9.17) is 5.11 Å².